The van der Waals surface area contributed by atoms with Crippen LogP contribution in [0.2, 0.25) is 0 Å². The minimum atomic E-state index is 0.141. The van der Waals surface area contributed by atoms with Crippen LogP contribution in [0.4, 0.5) is 0 Å². The van der Waals surface area contributed by atoms with Crippen LogP contribution in [0, 0.1) is 0 Å². The number of hydrogen-bond donors (Lipinski definition) is 1. The zero-order valence-electron chi connectivity index (χ0n) is 13.9. The van der Waals surface area contributed by atoms with Crippen molar-refractivity contribution in [3.8, 4) is 0 Å². The Bertz CT molecular complexity index is 425. The van der Waals surface area contributed by atoms with Crippen molar-refractivity contribution >= 4 is 0 Å². The third-order valence-corrected chi connectivity index (χ3v) is 3.89. The number of rotatable bonds is 5. The number of nitrogens with one attached hydrogen (secondary N) is 1. The second-order valence-electron chi connectivity index (χ2n) is 7.00. The van der Waals surface area contributed by atoms with Crippen LogP contribution in [0.3, 0.4) is 0 Å². The molecule has 4 heteroatoms. The van der Waals surface area contributed by atoms with Gasteiger partial charge in [0.1, 0.15) is 0 Å². The SMILES string of the molecule is COC1CCCN(Cc2ccc(CNC(C)(C)C)cn2)C1. The molecule has 1 aromatic rings. The smallest absolute Gasteiger partial charge is 0.0698 e. The summed E-state index contributed by atoms with van der Waals surface area (Å²) in [5, 5.41) is 3.49. The molecule has 2 rings (SSSR count). The summed E-state index contributed by atoms with van der Waals surface area (Å²) in [7, 11) is 1.81. The van der Waals surface area contributed by atoms with Crippen LogP contribution in [-0.4, -0.2) is 41.7 Å². The lowest BCUT2D eigenvalue weighted by molar-refractivity contribution is 0.0281. The van der Waals surface area contributed by atoms with E-state index >= 15 is 0 Å². The van der Waals surface area contributed by atoms with Crippen molar-refractivity contribution in [2.75, 3.05) is 20.2 Å². The first-order valence-corrected chi connectivity index (χ1v) is 7.90. The third-order valence-electron chi connectivity index (χ3n) is 3.89. The molecule has 0 bridgehead atoms. The minimum absolute atomic E-state index is 0.141. The Morgan fingerprint density at radius 3 is 2.81 bits per heavy atom. The van der Waals surface area contributed by atoms with Crippen LogP contribution in [0.25, 0.3) is 0 Å². The summed E-state index contributed by atoms with van der Waals surface area (Å²) in [4.78, 5) is 7.04. The fraction of sp³-hybridized carbons (Fsp3) is 0.706. The summed E-state index contributed by atoms with van der Waals surface area (Å²) in [6.45, 7) is 10.5. The van der Waals surface area contributed by atoms with Gasteiger partial charge >= 0.3 is 0 Å². The Morgan fingerprint density at radius 1 is 1.38 bits per heavy atom. The molecule has 1 aliphatic heterocycles. The number of ether oxygens (including phenoxy) is 1. The van der Waals surface area contributed by atoms with Crippen LogP contribution >= 0.6 is 0 Å². The Kier molecular flexibility index (Phi) is 5.73. The number of likely N-dealkylation sites (tertiary alicyclic amines) is 1. The highest BCUT2D eigenvalue weighted by molar-refractivity contribution is 5.14. The molecule has 2 heterocycles. The maximum absolute atomic E-state index is 5.47. The van der Waals surface area contributed by atoms with Gasteiger partial charge in [0.25, 0.3) is 0 Å². The van der Waals surface area contributed by atoms with Crippen molar-refractivity contribution in [1.29, 1.82) is 0 Å². The first-order valence-electron chi connectivity index (χ1n) is 7.90. The second kappa shape index (κ2) is 7.34. The van der Waals surface area contributed by atoms with Crippen molar-refractivity contribution in [2.45, 2.75) is 58.3 Å². The quantitative estimate of drug-likeness (QED) is 0.905. The summed E-state index contributed by atoms with van der Waals surface area (Å²) >= 11 is 0. The molecular weight excluding hydrogens is 262 g/mol. The molecule has 0 aromatic carbocycles. The Balaban J connectivity index is 1.84. The zero-order chi connectivity index (χ0) is 15.3. The van der Waals surface area contributed by atoms with Gasteiger partial charge in [0.15, 0.2) is 0 Å². The van der Waals surface area contributed by atoms with Gasteiger partial charge in [0.2, 0.25) is 0 Å². The third kappa shape index (κ3) is 5.73. The molecule has 0 spiro atoms. The summed E-state index contributed by atoms with van der Waals surface area (Å²) in [5.41, 5.74) is 2.52. The van der Waals surface area contributed by atoms with Gasteiger partial charge in [-0.1, -0.05) is 6.07 Å². The standard InChI is InChI=1S/C17H29N3O/c1-17(2,3)19-11-14-7-8-15(18-10-14)12-20-9-5-6-16(13-20)21-4/h7-8,10,16,19H,5-6,9,11-13H2,1-4H3. The molecule has 0 saturated carbocycles. The van der Waals surface area contributed by atoms with Crippen molar-refractivity contribution < 1.29 is 4.74 Å². The molecule has 21 heavy (non-hydrogen) atoms. The highest BCUT2D eigenvalue weighted by atomic mass is 16.5. The molecule has 1 fully saturated rings. The van der Waals surface area contributed by atoms with Crippen LogP contribution in [0.15, 0.2) is 18.3 Å². The van der Waals surface area contributed by atoms with E-state index in [9.17, 15) is 0 Å². The number of pyridine rings is 1. The van der Waals surface area contributed by atoms with Crippen LogP contribution in [-0.2, 0) is 17.8 Å². The highest BCUT2D eigenvalue weighted by Gasteiger charge is 2.19. The van der Waals surface area contributed by atoms with Gasteiger partial charge in [0.05, 0.1) is 11.8 Å². The number of aromatic nitrogens is 1. The van der Waals surface area contributed by atoms with Crippen LogP contribution < -0.4 is 5.32 Å². The number of hydrogen-bond acceptors (Lipinski definition) is 4. The molecule has 0 aliphatic carbocycles. The van der Waals surface area contributed by atoms with Gasteiger partial charge < -0.3 is 10.1 Å². The monoisotopic (exact) mass is 291 g/mol. The second-order valence-corrected chi connectivity index (χ2v) is 7.00. The van der Waals surface area contributed by atoms with E-state index in [2.05, 4.69) is 48.1 Å². The maximum atomic E-state index is 5.47. The van der Waals surface area contributed by atoms with Gasteiger partial charge in [-0.15, -0.1) is 0 Å². The molecule has 1 N–H and O–H groups in total. The summed E-state index contributed by atoms with van der Waals surface area (Å²) in [5.74, 6) is 0. The van der Waals surface area contributed by atoms with E-state index < -0.39 is 0 Å². The number of nitrogens with zero attached hydrogens (tertiary/aromatic N) is 2. The molecule has 1 aliphatic rings. The van der Waals surface area contributed by atoms with E-state index in [0.717, 1.165) is 31.9 Å². The fourth-order valence-corrected chi connectivity index (χ4v) is 2.60. The number of piperidine rings is 1. The van der Waals surface area contributed by atoms with E-state index in [-0.39, 0.29) is 5.54 Å². The predicted molar refractivity (Wildman–Crippen MR) is 86.1 cm³/mol. The average molecular weight is 291 g/mol. The average Bonchev–Trinajstić information content (AvgIpc) is 2.46. The van der Waals surface area contributed by atoms with Crippen molar-refractivity contribution in [3.63, 3.8) is 0 Å². The fourth-order valence-electron chi connectivity index (χ4n) is 2.60. The van der Waals surface area contributed by atoms with E-state index in [0.29, 0.717) is 6.10 Å². The van der Waals surface area contributed by atoms with Crippen LogP contribution in [0.1, 0.15) is 44.9 Å². The molecule has 1 saturated heterocycles. The van der Waals surface area contributed by atoms with Crippen molar-refractivity contribution in [3.05, 3.63) is 29.6 Å². The summed E-state index contributed by atoms with van der Waals surface area (Å²) < 4.78 is 5.47. The van der Waals surface area contributed by atoms with Gasteiger partial charge in [0, 0.05) is 38.5 Å². The molecule has 1 unspecified atom stereocenters. The molecular formula is C17H29N3O. The van der Waals surface area contributed by atoms with Crippen molar-refractivity contribution in [1.82, 2.24) is 15.2 Å². The van der Waals surface area contributed by atoms with Gasteiger partial charge in [-0.25, -0.2) is 0 Å². The summed E-state index contributed by atoms with van der Waals surface area (Å²) in [6.07, 6.45) is 4.77. The zero-order valence-corrected chi connectivity index (χ0v) is 13.9. The van der Waals surface area contributed by atoms with E-state index in [4.69, 9.17) is 4.74 Å². The lowest BCUT2D eigenvalue weighted by Gasteiger charge is -2.31. The first-order chi connectivity index (χ1) is 9.96. The Morgan fingerprint density at radius 2 is 2.19 bits per heavy atom. The lowest BCUT2D eigenvalue weighted by Crippen LogP contribution is -2.38. The van der Waals surface area contributed by atoms with Gasteiger partial charge in [-0.3, -0.25) is 9.88 Å². The number of methoxy groups -OCH3 is 1. The predicted octanol–water partition coefficient (Wildman–Crippen LogP) is 2.58. The molecule has 0 amide bonds. The normalized spacial score (nSPS) is 20.7. The molecule has 1 aromatic heterocycles. The highest BCUT2D eigenvalue weighted by Crippen LogP contribution is 2.15. The minimum Gasteiger partial charge on any atom is -0.380 e. The van der Waals surface area contributed by atoms with E-state index in [1.807, 2.05) is 13.3 Å². The first kappa shape index (κ1) is 16.4. The molecule has 1 atom stereocenters. The maximum Gasteiger partial charge on any atom is 0.0698 e. The molecule has 118 valence electrons. The Labute approximate surface area is 128 Å². The van der Waals surface area contributed by atoms with Gasteiger partial charge in [-0.05, 0) is 51.8 Å². The van der Waals surface area contributed by atoms with Crippen LogP contribution in [0.5, 0.6) is 0 Å². The molecule has 0 radical (unpaired) electrons. The van der Waals surface area contributed by atoms with Crippen molar-refractivity contribution in [2.24, 2.45) is 0 Å². The summed E-state index contributed by atoms with van der Waals surface area (Å²) in [6, 6.07) is 4.33. The van der Waals surface area contributed by atoms with Gasteiger partial charge in [-0.2, -0.15) is 0 Å². The van der Waals surface area contributed by atoms with E-state index in [1.54, 1.807) is 0 Å². The lowest BCUT2D eigenvalue weighted by atomic mass is 10.1. The largest absolute Gasteiger partial charge is 0.380 e. The topological polar surface area (TPSA) is 37.4 Å². The van der Waals surface area contributed by atoms with E-state index in [1.165, 1.54) is 18.4 Å². The Hall–Kier alpha value is -0.970. The molecule has 4 nitrogen and oxygen atoms in total.